The number of rotatable bonds is 6. The molecule has 1 aromatic carbocycles. The van der Waals surface area contributed by atoms with Crippen LogP contribution in [0.15, 0.2) is 51.2 Å². The minimum Gasteiger partial charge on any atom is -0.511 e. The SMILES string of the molecule is O=C1CCCC(=NCCc2ccccc2)C1=C(O)CCc1noc2c1C(=O)CCC2. The van der Waals surface area contributed by atoms with Crippen LogP contribution < -0.4 is 0 Å². The fourth-order valence-corrected chi connectivity index (χ4v) is 4.19. The Hall–Kier alpha value is -3.02. The van der Waals surface area contributed by atoms with Crippen molar-refractivity contribution in [2.45, 2.75) is 57.8 Å². The predicted octanol–water partition coefficient (Wildman–Crippen LogP) is 4.38. The van der Waals surface area contributed by atoms with Crippen molar-refractivity contribution < 1.29 is 19.2 Å². The molecule has 1 N–H and O–H groups in total. The molecule has 6 heteroatoms. The predicted molar refractivity (Wildman–Crippen MR) is 113 cm³/mol. The number of aliphatic imine (C=N–C) groups is 1. The van der Waals surface area contributed by atoms with E-state index in [1.54, 1.807) is 0 Å². The molecule has 1 aromatic heterocycles. The average Bonchev–Trinajstić information content (AvgIpc) is 3.17. The molecular formula is C24H26N2O4. The number of aryl methyl sites for hydroxylation is 2. The second-order valence-corrected chi connectivity index (χ2v) is 7.87. The van der Waals surface area contributed by atoms with Crippen molar-refractivity contribution >= 4 is 17.3 Å². The first-order chi connectivity index (χ1) is 14.6. The Labute approximate surface area is 175 Å². The van der Waals surface area contributed by atoms with Crippen LogP contribution in [0.3, 0.4) is 0 Å². The first-order valence-electron chi connectivity index (χ1n) is 10.7. The number of aliphatic hydroxyl groups is 1. The number of aromatic nitrogens is 1. The molecule has 0 saturated heterocycles. The summed E-state index contributed by atoms with van der Waals surface area (Å²) in [5.41, 5.74) is 3.40. The van der Waals surface area contributed by atoms with Gasteiger partial charge in [-0.3, -0.25) is 14.6 Å². The summed E-state index contributed by atoms with van der Waals surface area (Å²) >= 11 is 0. The molecule has 30 heavy (non-hydrogen) atoms. The Bertz CT molecular complexity index is 1000. The zero-order valence-corrected chi connectivity index (χ0v) is 17.0. The van der Waals surface area contributed by atoms with E-state index in [1.165, 1.54) is 5.56 Å². The number of benzene rings is 1. The quantitative estimate of drug-likeness (QED) is 0.568. The van der Waals surface area contributed by atoms with Gasteiger partial charge in [0, 0.05) is 44.4 Å². The van der Waals surface area contributed by atoms with Gasteiger partial charge in [0.1, 0.15) is 11.5 Å². The number of nitrogens with zero attached hydrogens (tertiary/aromatic N) is 2. The van der Waals surface area contributed by atoms with E-state index in [0.717, 1.165) is 25.7 Å². The summed E-state index contributed by atoms with van der Waals surface area (Å²) < 4.78 is 5.31. The van der Waals surface area contributed by atoms with Crippen LogP contribution in [0.5, 0.6) is 0 Å². The third kappa shape index (κ3) is 4.42. The van der Waals surface area contributed by atoms with Gasteiger partial charge in [0.15, 0.2) is 11.6 Å². The Balaban J connectivity index is 1.48. The summed E-state index contributed by atoms with van der Waals surface area (Å²) in [6.45, 7) is 0.578. The monoisotopic (exact) mass is 406 g/mol. The largest absolute Gasteiger partial charge is 0.511 e. The van der Waals surface area contributed by atoms with Crippen molar-refractivity contribution in [2.24, 2.45) is 4.99 Å². The number of Topliss-reactive ketones (excluding diaryl/α,β-unsaturated/α-hetero) is 2. The molecule has 0 aliphatic heterocycles. The number of hydrogen-bond acceptors (Lipinski definition) is 6. The smallest absolute Gasteiger partial charge is 0.168 e. The summed E-state index contributed by atoms with van der Waals surface area (Å²) in [6.07, 6.45) is 5.28. The van der Waals surface area contributed by atoms with E-state index >= 15 is 0 Å². The van der Waals surface area contributed by atoms with Crippen LogP contribution >= 0.6 is 0 Å². The van der Waals surface area contributed by atoms with E-state index in [4.69, 9.17) is 4.52 Å². The summed E-state index contributed by atoms with van der Waals surface area (Å²) in [4.78, 5) is 29.4. The summed E-state index contributed by atoms with van der Waals surface area (Å²) in [7, 11) is 0. The van der Waals surface area contributed by atoms with Crippen molar-refractivity contribution in [2.75, 3.05) is 6.54 Å². The molecule has 1 heterocycles. The van der Waals surface area contributed by atoms with Crippen LogP contribution in [-0.4, -0.2) is 34.1 Å². The van der Waals surface area contributed by atoms with Gasteiger partial charge in [-0.15, -0.1) is 0 Å². The van der Waals surface area contributed by atoms with Gasteiger partial charge in [0.05, 0.1) is 16.8 Å². The number of hydrogen-bond donors (Lipinski definition) is 1. The molecule has 0 unspecified atom stereocenters. The summed E-state index contributed by atoms with van der Waals surface area (Å²) in [5, 5.41) is 14.8. The summed E-state index contributed by atoms with van der Waals surface area (Å²) in [6, 6.07) is 10.1. The lowest BCUT2D eigenvalue weighted by molar-refractivity contribution is -0.115. The lowest BCUT2D eigenvalue weighted by Crippen LogP contribution is -2.22. The van der Waals surface area contributed by atoms with Crippen LogP contribution in [0.4, 0.5) is 0 Å². The van der Waals surface area contributed by atoms with Crippen LogP contribution in [0.25, 0.3) is 0 Å². The molecule has 0 bridgehead atoms. The Kier molecular flexibility index (Phi) is 6.21. The van der Waals surface area contributed by atoms with Crippen LogP contribution in [0, 0.1) is 0 Å². The molecule has 0 spiro atoms. The first kappa shape index (κ1) is 20.3. The van der Waals surface area contributed by atoms with Gasteiger partial charge in [-0.25, -0.2) is 0 Å². The maximum absolute atomic E-state index is 12.5. The maximum Gasteiger partial charge on any atom is 0.168 e. The second-order valence-electron chi connectivity index (χ2n) is 7.87. The third-order valence-corrected chi connectivity index (χ3v) is 5.74. The topological polar surface area (TPSA) is 92.8 Å². The van der Waals surface area contributed by atoms with Crippen molar-refractivity contribution in [1.29, 1.82) is 0 Å². The highest BCUT2D eigenvalue weighted by Gasteiger charge is 2.28. The van der Waals surface area contributed by atoms with Crippen LogP contribution in [-0.2, 0) is 24.1 Å². The molecule has 2 aromatic rings. The molecular weight excluding hydrogens is 380 g/mol. The van der Waals surface area contributed by atoms with Crippen molar-refractivity contribution in [1.82, 2.24) is 5.16 Å². The summed E-state index contributed by atoms with van der Waals surface area (Å²) in [5.74, 6) is 0.676. The molecule has 0 radical (unpaired) electrons. The zero-order valence-electron chi connectivity index (χ0n) is 17.0. The van der Waals surface area contributed by atoms with Crippen LogP contribution in [0.2, 0.25) is 0 Å². The number of fused-ring (bicyclic) bond motifs is 1. The maximum atomic E-state index is 12.5. The van der Waals surface area contributed by atoms with E-state index in [1.807, 2.05) is 18.2 Å². The van der Waals surface area contributed by atoms with Gasteiger partial charge >= 0.3 is 0 Å². The average molecular weight is 406 g/mol. The first-order valence-corrected chi connectivity index (χ1v) is 10.7. The van der Waals surface area contributed by atoms with Gasteiger partial charge in [0.25, 0.3) is 0 Å². The highest BCUT2D eigenvalue weighted by Crippen LogP contribution is 2.27. The second kappa shape index (κ2) is 9.20. The van der Waals surface area contributed by atoms with E-state index in [9.17, 15) is 14.7 Å². The molecule has 2 aliphatic rings. The van der Waals surface area contributed by atoms with Crippen LogP contribution in [0.1, 0.15) is 65.9 Å². The van der Waals surface area contributed by atoms with Gasteiger partial charge in [-0.2, -0.15) is 0 Å². The van der Waals surface area contributed by atoms with Gasteiger partial charge in [-0.05, 0) is 31.2 Å². The molecule has 1 fully saturated rings. The minimum atomic E-state index is -0.0598. The van der Waals surface area contributed by atoms with E-state index in [-0.39, 0.29) is 23.7 Å². The fourth-order valence-electron chi connectivity index (χ4n) is 4.19. The van der Waals surface area contributed by atoms with Gasteiger partial charge < -0.3 is 9.63 Å². The number of carbonyl (C=O) groups is 2. The molecule has 4 rings (SSSR count). The number of ketones is 2. The third-order valence-electron chi connectivity index (χ3n) is 5.74. The number of allylic oxidation sites excluding steroid dienone is 2. The highest BCUT2D eigenvalue weighted by atomic mass is 16.5. The molecule has 1 saturated carbocycles. The van der Waals surface area contributed by atoms with E-state index < -0.39 is 0 Å². The standard InChI is InChI=1S/C24H26N2O4/c27-19-9-4-8-17(25-15-14-16-6-2-1-3-7-16)23(19)21(29)13-12-18-24-20(28)10-5-11-22(24)30-26-18/h1-3,6-7,29H,4-5,8-15H2. The lowest BCUT2D eigenvalue weighted by Gasteiger charge is -2.18. The minimum absolute atomic E-state index is 0.0400. The molecule has 2 aliphatic carbocycles. The molecule has 0 atom stereocenters. The van der Waals surface area contributed by atoms with Crippen molar-refractivity contribution in [3.8, 4) is 0 Å². The highest BCUT2D eigenvalue weighted by molar-refractivity contribution is 6.24. The van der Waals surface area contributed by atoms with E-state index in [0.29, 0.717) is 60.5 Å². The zero-order chi connectivity index (χ0) is 20.9. The molecule has 0 amide bonds. The van der Waals surface area contributed by atoms with Crippen molar-refractivity contribution in [3.05, 3.63) is 64.2 Å². The van der Waals surface area contributed by atoms with E-state index in [2.05, 4.69) is 22.3 Å². The Morgan fingerprint density at radius 1 is 1.00 bits per heavy atom. The molecule has 6 nitrogen and oxygen atoms in total. The number of carbonyl (C=O) groups excluding carboxylic acids is 2. The number of aliphatic hydroxyl groups excluding tert-OH is 1. The fraction of sp³-hybridized carbons (Fsp3) is 0.417. The lowest BCUT2D eigenvalue weighted by atomic mass is 9.88. The molecule has 156 valence electrons. The normalized spacial score (nSPS) is 19.8. The van der Waals surface area contributed by atoms with Gasteiger partial charge in [-0.1, -0.05) is 35.5 Å². The van der Waals surface area contributed by atoms with Gasteiger partial charge in [0.2, 0.25) is 0 Å². The Morgan fingerprint density at radius 3 is 2.60 bits per heavy atom. The Morgan fingerprint density at radius 2 is 1.77 bits per heavy atom. The van der Waals surface area contributed by atoms with Crippen molar-refractivity contribution in [3.63, 3.8) is 0 Å².